The van der Waals surface area contributed by atoms with E-state index < -0.39 is 6.10 Å². The summed E-state index contributed by atoms with van der Waals surface area (Å²) in [7, 11) is 0. The van der Waals surface area contributed by atoms with Gasteiger partial charge in [-0.3, -0.25) is 4.79 Å². The summed E-state index contributed by atoms with van der Waals surface area (Å²) in [5.41, 5.74) is 1.23. The lowest BCUT2D eigenvalue weighted by molar-refractivity contribution is 0.0335. The molecule has 0 radical (unpaired) electrons. The summed E-state index contributed by atoms with van der Waals surface area (Å²) in [5, 5.41) is 0. The fraction of sp³-hybridized carbons (Fsp3) is 0.300. The number of hydrogen-bond acceptors (Lipinski definition) is 2. The second-order valence-corrected chi connectivity index (χ2v) is 3.12. The predicted molar refractivity (Wildman–Crippen MR) is 45.0 cm³/mol. The van der Waals surface area contributed by atoms with Gasteiger partial charge in [0.25, 0.3) is 0 Å². The van der Waals surface area contributed by atoms with Crippen molar-refractivity contribution in [3.63, 3.8) is 0 Å². The van der Waals surface area contributed by atoms with Gasteiger partial charge in [0.05, 0.1) is 6.61 Å². The summed E-state index contributed by atoms with van der Waals surface area (Å²) in [6.07, 6.45) is -0.405. The number of fused-ring (bicyclic) bond motifs is 1. The molecule has 0 amide bonds. The molecule has 2 nitrogen and oxygen atoms in total. The molecular formula is C10H9FO2. The molecule has 1 aliphatic rings. The highest BCUT2D eigenvalue weighted by Crippen LogP contribution is 2.21. The lowest BCUT2D eigenvalue weighted by Gasteiger charge is -2.20. The lowest BCUT2D eigenvalue weighted by Crippen LogP contribution is -2.27. The first kappa shape index (κ1) is 8.38. The van der Waals surface area contributed by atoms with Crippen molar-refractivity contribution in [3.8, 4) is 0 Å². The normalized spacial score (nSPS) is 21.4. The third-order valence-electron chi connectivity index (χ3n) is 2.19. The Labute approximate surface area is 75.3 Å². The number of carbonyl (C=O) groups excluding carboxylic acids is 1. The summed E-state index contributed by atoms with van der Waals surface area (Å²) in [5.74, 6) is -0.397. The number of rotatable bonds is 0. The van der Waals surface area contributed by atoms with Crippen LogP contribution in [0.1, 0.15) is 22.8 Å². The van der Waals surface area contributed by atoms with Crippen molar-refractivity contribution in [3.05, 3.63) is 35.1 Å². The fourth-order valence-electron chi connectivity index (χ4n) is 1.43. The molecule has 0 saturated carbocycles. The molecule has 1 atom stereocenters. The second-order valence-electron chi connectivity index (χ2n) is 3.12. The Balaban J connectivity index is 2.50. The van der Waals surface area contributed by atoms with Crippen LogP contribution in [0.2, 0.25) is 0 Å². The zero-order chi connectivity index (χ0) is 9.42. The molecule has 1 aromatic rings. The van der Waals surface area contributed by atoms with Crippen LogP contribution in [0.4, 0.5) is 4.39 Å². The molecule has 1 aliphatic heterocycles. The van der Waals surface area contributed by atoms with Crippen LogP contribution in [0.3, 0.4) is 0 Å². The molecule has 13 heavy (non-hydrogen) atoms. The van der Waals surface area contributed by atoms with Gasteiger partial charge in [0.1, 0.15) is 11.9 Å². The summed E-state index contributed by atoms with van der Waals surface area (Å²) in [6, 6.07) is 4.17. The van der Waals surface area contributed by atoms with Crippen LogP contribution in [0.15, 0.2) is 18.2 Å². The van der Waals surface area contributed by atoms with Crippen molar-refractivity contribution < 1.29 is 13.9 Å². The summed E-state index contributed by atoms with van der Waals surface area (Å²) < 4.78 is 17.9. The molecule has 0 aliphatic carbocycles. The van der Waals surface area contributed by atoms with Gasteiger partial charge < -0.3 is 4.74 Å². The Hall–Kier alpha value is -1.22. The Morgan fingerprint density at radius 1 is 1.54 bits per heavy atom. The van der Waals surface area contributed by atoms with E-state index in [1.54, 1.807) is 6.92 Å². The van der Waals surface area contributed by atoms with Gasteiger partial charge in [-0.15, -0.1) is 0 Å². The van der Waals surface area contributed by atoms with Crippen molar-refractivity contribution in [2.24, 2.45) is 0 Å². The van der Waals surface area contributed by atoms with E-state index in [1.807, 2.05) is 0 Å². The smallest absolute Gasteiger partial charge is 0.191 e. The summed E-state index contributed by atoms with van der Waals surface area (Å²) in [4.78, 5) is 11.5. The van der Waals surface area contributed by atoms with E-state index in [0.717, 1.165) is 0 Å². The van der Waals surface area contributed by atoms with Crippen molar-refractivity contribution in [2.75, 3.05) is 0 Å². The number of ketones is 1. The zero-order valence-electron chi connectivity index (χ0n) is 7.21. The monoisotopic (exact) mass is 180 g/mol. The Morgan fingerprint density at radius 3 is 3.08 bits per heavy atom. The van der Waals surface area contributed by atoms with Crippen LogP contribution in [-0.4, -0.2) is 11.9 Å². The molecule has 0 bridgehead atoms. The van der Waals surface area contributed by atoms with E-state index in [0.29, 0.717) is 17.7 Å². The highest BCUT2D eigenvalue weighted by Gasteiger charge is 2.24. The highest BCUT2D eigenvalue weighted by atomic mass is 19.1. The quantitative estimate of drug-likeness (QED) is 0.609. The Bertz CT molecular complexity index is 360. The standard InChI is InChI=1S/C10H9FO2/c1-6-10(12)9-3-2-8(11)4-7(9)5-13-6/h2-4,6H,5H2,1H3. The number of hydrogen-bond donors (Lipinski definition) is 0. The molecule has 1 heterocycles. The Morgan fingerprint density at radius 2 is 2.31 bits per heavy atom. The molecule has 0 spiro atoms. The van der Waals surface area contributed by atoms with Crippen LogP contribution < -0.4 is 0 Å². The average molecular weight is 180 g/mol. The first-order chi connectivity index (χ1) is 6.18. The van der Waals surface area contributed by atoms with Gasteiger partial charge >= 0.3 is 0 Å². The van der Waals surface area contributed by atoms with E-state index in [1.165, 1.54) is 18.2 Å². The average Bonchev–Trinajstić information content (AvgIpc) is 2.12. The van der Waals surface area contributed by atoms with E-state index >= 15 is 0 Å². The van der Waals surface area contributed by atoms with Crippen molar-refractivity contribution >= 4 is 5.78 Å². The summed E-state index contributed by atoms with van der Waals surface area (Å²) in [6.45, 7) is 2.02. The van der Waals surface area contributed by atoms with Crippen LogP contribution in [0, 0.1) is 5.82 Å². The largest absolute Gasteiger partial charge is 0.366 e. The van der Waals surface area contributed by atoms with Gasteiger partial charge in [0, 0.05) is 5.56 Å². The molecule has 0 saturated heterocycles. The zero-order valence-corrected chi connectivity index (χ0v) is 7.21. The number of halogens is 1. The van der Waals surface area contributed by atoms with Crippen molar-refractivity contribution in [2.45, 2.75) is 19.6 Å². The number of ether oxygens (including phenoxy) is 1. The maximum absolute atomic E-state index is 12.8. The molecule has 3 heteroatoms. The van der Waals surface area contributed by atoms with Crippen LogP contribution in [-0.2, 0) is 11.3 Å². The van der Waals surface area contributed by atoms with E-state index in [-0.39, 0.29) is 11.6 Å². The van der Waals surface area contributed by atoms with Gasteiger partial charge in [0.15, 0.2) is 5.78 Å². The van der Waals surface area contributed by atoms with Crippen LogP contribution in [0.5, 0.6) is 0 Å². The number of Topliss-reactive ketones (excluding diaryl/α,β-unsaturated/α-hetero) is 1. The van der Waals surface area contributed by atoms with Crippen molar-refractivity contribution in [1.29, 1.82) is 0 Å². The number of benzene rings is 1. The predicted octanol–water partition coefficient (Wildman–Crippen LogP) is 1.93. The molecule has 0 N–H and O–H groups in total. The maximum atomic E-state index is 12.8. The van der Waals surface area contributed by atoms with Gasteiger partial charge in [-0.2, -0.15) is 0 Å². The minimum absolute atomic E-state index is 0.0683. The fourth-order valence-corrected chi connectivity index (χ4v) is 1.43. The SMILES string of the molecule is CC1OCc2cc(F)ccc2C1=O. The molecule has 1 aromatic carbocycles. The highest BCUT2D eigenvalue weighted by molar-refractivity contribution is 6.01. The molecular weight excluding hydrogens is 171 g/mol. The lowest BCUT2D eigenvalue weighted by atomic mass is 9.98. The number of carbonyl (C=O) groups is 1. The Kier molecular flexibility index (Phi) is 1.88. The molecule has 0 aromatic heterocycles. The third kappa shape index (κ3) is 1.35. The van der Waals surface area contributed by atoms with E-state index in [2.05, 4.69) is 0 Å². The minimum atomic E-state index is -0.405. The molecule has 2 rings (SSSR count). The van der Waals surface area contributed by atoms with Gasteiger partial charge in [-0.25, -0.2) is 4.39 Å². The second kappa shape index (κ2) is 2.92. The van der Waals surface area contributed by atoms with E-state index in [4.69, 9.17) is 4.74 Å². The topological polar surface area (TPSA) is 26.3 Å². The third-order valence-corrected chi connectivity index (χ3v) is 2.19. The van der Waals surface area contributed by atoms with Gasteiger partial charge in [0.2, 0.25) is 0 Å². The van der Waals surface area contributed by atoms with Crippen LogP contribution >= 0.6 is 0 Å². The maximum Gasteiger partial charge on any atom is 0.191 e. The van der Waals surface area contributed by atoms with Gasteiger partial charge in [-0.1, -0.05) is 0 Å². The molecule has 1 unspecified atom stereocenters. The van der Waals surface area contributed by atoms with Crippen molar-refractivity contribution in [1.82, 2.24) is 0 Å². The van der Waals surface area contributed by atoms with Gasteiger partial charge in [-0.05, 0) is 30.7 Å². The first-order valence-corrected chi connectivity index (χ1v) is 4.13. The van der Waals surface area contributed by atoms with E-state index in [9.17, 15) is 9.18 Å². The molecule has 68 valence electrons. The first-order valence-electron chi connectivity index (χ1n) is 4.13. The molecule has 0 fully saturated rings. The van der Waals surface area contributed by atoms with Crippen LogP contribution in [0.25, 0.3) is 0 Å². The minimum Gasteiger partial charge on any atom is -0.366 e. The summed E-state index contributed by atoms with van der Waals surface area (Å²) >= 11 is 0.